The van der Waals surface area contributed by atoms with Crippen LogP contribution in [0.5, 0.6) is 0 Å². The van der Waals surface area contributed by atoms with Gasteiger partial charge in [-0.05, 0) is 24.1 Å². The first-order valence-electron chi connectivity index (χ1n) is 5.48. The van der Waals surface area contributed by atoms with Gasteiger partial charge in [0.25, 0.3) is 0 Å². The molecule has 0 saturated heterocycles. The van der Waals surface area contributed by atoms with E-state index in [9.17, 15) is 0 Å². The topological polar surface area (TPSA) is 23.5 Å². The lowest BCUT2D eigenvalue weighted by molar-refractivity contribution is 0.281. The number of hydrogen-bond donors (Lipinski definition) is 1. The van der Waals surface area contributed by atoms with E-state index in [0.29, 0.717) is 0 Å². The molecule has 0 bridgehead atoms. The Labute approximate surface area is 106 Å². The van der Waals surface area contributed by atoms with Crippen LogP contribution < -0.4 is 4.90 Å². The van der Waals surface area contributed by atoms with E-state index >= 15 is 0 Å². The molecule has 1 aromatic rings. The number of aliphatic hydroxyl groups is 1. The third kappa shape index (κ3) is 3.35. The zero-order chi connectivity index (χ0) is 12.0. The fourth-order valence-electron chi connectivity index (χ4n) is 1.61. The summed E-state index contributed by atoms with van der Waals surface area (Å²) in [4.78, 5) is 2.26. The normalized spacial score (nSPS) is 10.2. The Morgan fingerprint density at radius 2 is 2.25 bits per heavy atom. The van der Waals surface area contributed by atoms with E-state index in [4.69, 9.17) is 5.11 Å². The summed E-state index contributed by atoms with van der Waals surface area (Å²) in [5, 5.41) is 9.09. The van der Waals surface area contributed by atoms with Gasteiger partial charge in [0.15, 0.2) is 0 Å². The highest BCUT2D eigenvalue weighted by atomic mass is 79.9. The Morgan fingerprint density at radius 1 is 1.50 bits per heavy atom. The van der Waals surface area contributed by atoms with Crippen LogP contribution in [0.25, 0.3) is 0 Å². The molecule has 0 aliphatic heterocycles. The first kappa shape index (κ1) is 13.3. The monoisotopic (exact) mass is 283 g/mol. The van der Waals surface area contributed by atoms with E-state index in [1.807, 2.05) is 24.3 Å². The first-order chi connectivity index (χ1) is 7.72. The largest absolute Gasteiger partial charge is 0.392 e. The van der Waals surface area contributed by atoms with E-state index in [0.717, 1.165) is 35.2 Å². The maximum Gasteiger partial charge on any atom is 0.0692 e. The highest BCUT2D eigenvalue weighted by molar-refractivity contribution is 9.10. The minimum absolute atomic E-state index is 0.0656. The van der Waals surface area contributed by atoms with Crippen LogP contribution in [-0.2, 0) is 6.61 Å². The summed E-state index contributed by atoms with van der Waals surface area (Å²) in [6.45, 7) is 7.85. The molecule has 3 heteroatoms. The smallest absolute Gasteiger partial charge is 0.0692 e. The quantitative estimate of drug-likeness (QED) is 0.810. The third-order valence-corrected chi connectivity index (χ3v) is 3.15. The number of anilines is 1. The van der Waals surface area contributed by atoms with Crippen LogP contribution in [0.4, 0.5) is 5.69 Å². The van der Waals surface area contributed by atoms with Crippen molar-refractivity contribution in [2.75, 3.05) is 18.0 Å². The van der Waals surface area contributed by atoms with E-state index in [1.54, 1.807) is 0 Å². The molecule has 0 fully saturated rings. The lowest BCUT2D eigenvalue weighted by atomic mass is 10.2. The molecule has 0 amide bonds. The van der Waals surface area contributed by atoms with Gasteiger partial charge < -0.3 is 10.0 Å². The molecular formula is C13H18BrNO. The lowest BCUT2D eigenvalue weighted by Gasteiger charge is -2.23. The minimum Gasteiger partial charge on any atom is -0.392 e. The molecule has 0 unspecified atom stereocenters. The summed E-state index contributed by atoms with van der Waals surface area (Å²) in [6.07, 6.45) is 3.01. The zero-order valence-corrected chi connectivity index (χ0v) is 11.2. The number of benzene rings is 1. The number of halogens is 1. The van der Waals surface area contributed by atoms with Crippen molar-refractivity contribution in [1.82, 2.24) is 0 Å². The highest BCUT2D eigenvalue weighted by Gasteiger charge is 2.06. The van der Waals surface area contributed by atoms with Crippen LogP contribution in [0.1, 0.15) is 18.9 Å². The SMILES string of the molecule is C=CCN(CCC)c1ccc(CO)c(Br)c1. The van der Waals surface area contributed by atoms with Crippen LogP contribution in [0.15, 0.2) is 35.3 Å². The van der Waals surface area contributed by atoms with Gasteiger partial charge in [0.2, 0.25) is 0 Å². The molecule has 1 N–H and O–H groups in total. The van der Waals surface area contributed by atoms with Gasteiger partial charge in [0, 0.05) is 23.2 Å². The highest BCUT2D eigenvalue weighted by Crippen LogP contribution is 2.24. The van der Waals surface area contributed by atoms with Gasteiger partial charge in [-0.25, -0.2) is 0 Å². The fourth-order valence-corrected chi connectivity index (χ4v) is 2.10. The Morgan fingerprint density at radius 3 is 2.75 bits per heavy atom. The Hall–Kier alpha value is -0.800. The van der Waals surface area contributed by atoms with Gasteiger partial charge in [-0.1, -0.05) is 35.0 Å². The summed E-state index contributed by atoms with van der Waals surface area (Å²) in [5.41, 5.74) is 2.07. The van der Waals surface area contributed by atoms with Crippen LogP contribution in [0.3, 0.4) is 0 Å². The first-order valence-corrected chi connectivity index (χ1v) is 6.27. The third-order valence-electron chi connectivity index (χ3n) is 2.42. The average Bonchev–Trinajstić information content (AvgIpc) is 2.28. The molecule has 88 valence electrons. The summed E-state index contributed by atoms with van der Waals surface area (Å²) in [7, 11) is 0. The summed E-state index contributed by atoms with van der Waals surface area (Å²) in [5.74, 6) is 0. The van der Waals surface area contributed by atoms with Crippen molar-refractivity contribution in [2.45, 2.75) is 20.0 Å². The summed E-state index contributed by atoms with van der Waals surface area (Å²) in [6, 6.07) is 6.03. The Balaban J connectivity index is 2.91. The average molecular weight is 284 g/mol. The van der Waals surface area contributed by atoms with Gasteiger partial charge in [-0.3, -0.25) is 0 Å². The molecule has 16 heavy (non-hydrogen) atoms. The minimum atomic E-state index is 0.0656. The molecule has 0 aromatic heterocycles. The van der Waals surface area contributed by atoms with Gasteiger partial charge in [0.1, 0.15) is 0 Å². The van der Waals surface area contributed by atoms with Gasteiger partial charge >= 0.3 is 0 Å². The summed E-state index contributed by atoms with van der Waals surface area (Å²) >= 11 is 3.47. The van der Waals surface area contributed by atoms with Gasteiger partial charge in [-0.15, -0.1) is 6.58 Å². The van der Waals surface area contributed by atoms with Crippen LogP contribution in [0.2, 0.25) is 0 Å². The molecule has 1 rings (SSSR count). The predicted molar refractivity (Wildman–Crippen MR) is 72.8 cm³/mol. The van der Waals surface area contributed by atoms with Crippen LogP contribution >= 0.6 is 15.9 Å². The molecule has 0 saturated carbocycles. The maximum atomic E-state index is 9.09. The Kier molecular flexibility index (Phi) is 5.56. The number of nitrogens with zero attached hydrogens (tertiary/aromatic N) is 1. The van der Waals surface area contributed by atoms with Crippen molar-refractivity contribution in [3.05, 3.63) is 40.9 Å². The van der Waals surface area contributed by atoms with E-state index in [2.05, 4.69) is 34.3 Å². The van der Waals surface area contributed by atoms with Crippen molar-refractivity contribution in [3.63, 3.8) is 0 Å². The molecule has 0 atom stereocenters. The van der Waals surface area contributed by atoms with E-state index < -0.39 is 0 Å². The molecule has 0 aliphatic carbocycles. The molecular weight excluding hydrogens is 266 g/mol. The van der Waals surface area contributed by atoms with Gasteiger partial charge in [0.05, 0.1) is 6.61 Å². The molecule has 0 radical (unpaired) electrons. The number of aliphatic hydroxyl groups excluding tert-OH is 1. The maximum absolute atomic E-state index is 9.09. The molecule has 0 heterocycles. The second-order valence-electron chi connectivity index (χ2n) is 3.67. The fraction of sp³-hybridized carbons (Fsp3) is 0.385. The van der Waals surface area contributed by atoms with Crippen molar-refractivity contribution in [2.24, 2.45) is 0 Å². The molecule has 0 spiro atoms. The van der Waals surface area contributed by atoms with E-state index in [-0.39, 0.29) is 6.61 Å². The molecule has 0 aliphatic rings. The summed E-state index contributed by atoms with van der Waals surface area (Å²) < 4.78 is 0.956. The second kappa shape index (κ2) is 6.71. The predicted octanol–water partition coefficient (Wildman–Crippen LogP) is 3.34. The van der Waals surface area contributed by atoms with E-state index in [1.165, 1.54) is 0 Å². The standard InChI is InChI=1S/C13H18BrNO/c1-3-7-15(8-4-2)12-6-5-11(10-16)13(14)9-12/h3,5-6,9,16H,1,4,7-8,10H2,2H3. The zero-order valence-electron chi connectivity index (χ0n) is 9.62. The Bertz CT molecular complexity index is 352. The lowest BCUT2D eigenvalue weighted by Crippen LogP contribution is -2.23. The second-order valence-corrected chi connectivity index (χ2v) is 4.52. The number of hydrogen-bond acceptors (Lipinski definition) is 2. The van der Waals surface area contributed by atoms with Crippen molar-refractivity contribution in [1.29, 1.82) is 0 Å². The molecule has 2 nitrogen and oxygen atoms in total. The molecule has 1 aromatic carbocycles. The number of rotatable bonds is 6. The van der Waals surface area contributed by atoms with Gasteiger partial charge in [-0.2, -0.15) is 0 Å². The van der Waals surface area contributed by atoms with Crippen LogP contribution in [0, 0.1) is 0 Å². The van der Waals surface area contributed by atoms with Crippen molar-refractivity contribution in [3.8, 4) is 0 Å². The van der Waals surface area contributed by atoms with Crippen molar-refractivity contribution >= 4 is 21.6 Å². The van der Waals surface area contributed by atoms with Crippen LogP contribution in [-0.4, -0.2) is 18.2 Å². The van der Waals surface area contributed by atoms with Crippen molar-refractivity contribution < 1.29 is 5.11 Å².